The van der Waals surface area contributed by atoms with Crippen molar-refractivity contribution < 1.29 is 9.90 Å². The van der Waals surface area contributed by atoms with Gasteiger partial charge in [0.15, 0.2) is 0 Å². The lowest BCUT2D eigenvalue weighted by Crippen LogP contribution is -2.51. The molecule has 8 atom stereocenters. The standard InChI is InChI=1S/C22H34O2/c1-13-11-19-17-6-5-15-12-16(24)7-9-21(15,3)18(17)8-10-22(19,4)20(13)14(2)23/h5,13,16-20,24H,6-12H2,1-4H3/t13-,16-,17?,18?,19?,20?,21-,22-/m0/s1. The molecule has 4 unspecified atom stereocenters. The fraction of sp³-hybridized carbons (Fsp3) is 0.864. The molecule has 0 spiro atoms. The maximum Gasteiger partial charge on any atom is 0.133 e. The van der Waals surface area contributed by atoms with Crippen molar-refractivity contribution in [3.63, 3.8) is 0 Å². The molecule has 2 heteroatoms. The molecule has 134 valence electrons. The van der Waals surface area contributed by atoms with Crippen molar-refractivity contribution in [2.24, 2.45) is 40.4 Å². The summed E-state index contributed by atoms with van der Waals surface area (Å²) in [5, 5.41) is 10.1. The SMILES string of the molecule is CC(=O)C1[C@@H](C)CC2C3CC=C4C[C@@H](O)CC[C@]4(C)C3CC[C@@]21C. The van der Waals surface area contributed by atoms with Gasteiger partial charge in [0.25, 0.3) is 0 Å². The Balaban J connectivity index is 1.68. The van der Waals surface area contributed by atoms with Crippen LogP contribution in [-0.2, 0) is 4.79 Å². The van der Waals surface area contributed by atoms with E-state index in [9.17, 15) is 9.90 Å². The molecule has 3 saturated carbocycles. The van der Waals surface area contributed by atoms with Crippen LogP contribution < -0.4 is 0 Å². The van der Waals surface area contributed by atoms with Gasteiger partial charge in [0.2, 0.25) is 0 Å². The Morgan fingerprint density at radius 3 is 2.67 bits per heavy atom. The zero-order chi connectivity index (χ0) is 17.3. The van der Waals surface area contributed by atoms with E-state index in [0.717, 1.165) is 31.1 Å². The van der Waals surface area contributed by atoms with Crippen molar-refractivity contribution in [2.75, 3.05) is 0 Å². The second kappa shape index (κ2) is 5.43. The average molecular weight is 331 g/mol. The van der Waals surface area contributed by atoms with E-state index >= 15 is 0 Å². The first-order chi connectivity index (χ1) is 11.3. The first-order valence-corrected chi connectivity index (χ1v) is 10.2. The average Bonchev–Trinajstić information content (AvgIpc) is 2.78. The number of carbonyl (C=O) groups excluding carboxylic acids is 1. The highest BCUT2D eigenvalue weighted by Crippen LogP contribution is 2.67. The molecule has 1 N–H and O–H groups in total. The van der Waals surface area contributed by atoms with E-state index in [1.165, 1.54) is 25.7 Å². The summed E-state index contributed by atoms with van der Waals surface area (Å²) < 4.78 is 0. The van der Waals surface area contributed by atoms with Gasteiger partial charge in [-0.1, -0.05) is 32.4 Å². The molecule has 0 radical (unpaired) electrons. The second-order valence-corrected chi connectivity index (χ2v) is 10.0. The van der Waals surface area contributed by atoms with E-state index in [1.54, 1.807) is 5.57 Å². The van der Waals surface area contributed by atoms with Gasteiger partial charge >= 0.3 is 0 Å². The molecule has 0 amide bonds. The molecule has 0 aliphatic heterocycles. The molecule has 24 heavy (non-hydrogen) atoms. The predicted octanol–water partition coefficient (Wildman–Crippen LogP) is 4.76. The van der Waals surface area contributed by atoms with Crippen molar-refractivity contribution >= 4 is 5.78 Å². The van der Waals surface area contributed by atoms with Crippen LogP contribution >= 0.6 is 0 Å². The zero-order valence-electron chi connectivity index (χ0n) is 15.8. The highest BCUT2D eigenvalue weighted by molar-refractivity contribution is 5.80. The highest BCUT2D eigenvalue weighted by atomic mass is 16.3. The summed E-state index contributed by atoms with van der Waals surface area (Å²) in [6.07, 6.45) is 10.3. The summed E-state index contributed by atoms with van der Waals surface area (Å²) >= 11 is 0. The number of aliphatic hydroxyl groups is 1. The second-order valence-electron chi connectivity index (χ2n) is 10.0. The fourth-order valence-electron chi connectivity index (χ4n) is 7.87. The Hall–Kier alpha value is -0.630. The lowest BCUT2D eigenvalue weighted by molar-refractivity contribution is -0.128. The van der Waals surface area contributed by atoms with E-state index in [2.05, 4.69) is 26.8 Å². The van der Waals surface area contributed by atoms with E-state index in [0.29, 0.717) is 23.0 Å². The zero-order valence-corrected chi connectivity index (χ0v) is 15.8. The van der Waals surface area contributed by atoms with Crippen LogP contribution in [0.15, 0.2) is 11.6 Å². The number of allylic oxidation sites excluding steroid dienone is 1. The molecule has 3 fully saturated rings. The third kappa shape index (κ3) is 2.14. The molecule has 4 aliphatic rings. The Labute approximate surface area is 147 Å². The molecular formula is C22H34O2. The minimum Gasteiger partial charge on any atom is -0.393 e. The maximum absolute atomic E-state index is 12.4. The van der Waals surface area contributed by atoms with E-state index in [1.807, 2.05) is 6.92 Å². The third-order valence-corrected chi connectivity index (χ3v) is 8.86. The van der Waals surface area contributed by atoms with Crippen molar-refractivity contribution in [1.29, 1.82) is 0 Å². The first-order valence-electron chi connectivity index (χ1n) is 10.2. The summed E-state index contributed by atoms with van der Waals surface area (Å²) in [6, 6.07) is 0. The van der Waals surface area contributed by atoms with Crippen LogP contribution in [0.2, 0.25) is 0 Å². The molecule has 0 aromatic heterocycles. The molecule has 0 bridgehead atoms. The summed E-state index contributed by atoms with van der Waals surface area (Å²) in [6.45, 7) is 9.04. The number of hydrogen-bond donors (Lipinski definition) is 1. The van der Waals surface area contributed by atoms with E-state index in [4.69, 9.17) is 0 Å². The summed E-state index contributed by atoms with van der Waals surface area (Å²) in [4.78, 5) is 12.4. The fourth-order valence-corrected chi connectivity index (χ4v) is 7.87. The van der Waals surface area contributed by atoms with Crippen LogP contribution in [0.4, 0.5) is 0 Å². The number of Topliss-reactive ketones (excluding diaryl/α,β-unsaturated/α-hetero) is 1. The number of carbonyl (C=O) groups is 1. The van der Waals surface area contributed by atoms with Crippen molar-refractivity contribution in [2.45, 2.75) is 78.7 Å². The van der Waals surface area contributed by atoms with Crippen LogP contribution in [-0.4, -0.2) is 17.0 Å². The number of aliphatic hydroxyl groups excluding tert-OH is 1. The number of ketones is 1. The summed E-state index contributed by atoms with van der Waals surface area (Å²) in [7, 11) is 0. The molecule has 0 heterocycles. The van der Waals surface area contributed by atoms with Gasteiger partial charge in [0, 0.05) is 5.92 Å². The van der Waals surface area contributed by atoms with Gasteiger partial charge in [-0.2, -0.15) is 0 Å². The summed E-state index contributed by atoms with van der Waals surface area (Å²) in [5.74, 6) is 3.46. The Kier molecular flexibility index (Phi) is 3.81. The van der Waals surface area contributed by atoms with Crippen LogP contribution in [0.25, 0.3) is 0 Å². The van der Waals surface area contributed by atoms with Crippen LogP contribution in [0.1, 0.15) is 72.6 Å². The number of hydrogen-bond acceptors (Lipinski definition) is 2. The largest absolute Gasteiger partial charge is 0.393 e. The number of rotatable bonds is 1. The van der Waals surface area contributed by atoms with Gasteiger partial charge in [0.1, 0.15) is 5.78 Å². The van der Waals surface area contributed by atoms with Gasteiger partial charge in [0.05, 0.1) is 6.10 Å². The highest BCUT2D eigenvalue weighted by Gasteiger charge is 2.61. The minimum atomic E-state index is -0.122. The van der Waals surface area contributed by atoms with Gasteiger partial charge in [-0.3, -0.25) is 4.79 Å². The summed E-state index contributed by atoms with van der Waals surface area (Å²) in [5.41, 5.74) is 2.07. The topological polar surface area (TPSA) is 37.3 Å². The molecule has 4 aliphatic carbocycles. The van der Waals surface area contributed by atoms with Gasteiger partial charge < -0.3 is 5.11 Å². The Morgan fingerprint density at radius 1 is 1.21 bits per heavy atom. The van der Waals surface area contributed by atoms with Gasteiger partial charge in [-0.25, -0.2) is 0 Å². The molecule has 4 rings (SSSR count). The molecule has 0 aromatic rings. The minimum absolute atomic E-state index is 0.122. The number of fused-ring (bicyclic) bond motifs is 5. The smallest absolute Gasteiger partial charge is 0.133 e. The molecule has 2 nitrogen and oxygen atoms in total. The first kappa shape index (κ1) is 16.8. The molecular weight excluding hydrogens is 296 g/mol. The predicted molar refractivity (Wildman–Crippen MR) is 96.4 cm³/mol. The van der Waals surface area contributed by atoms with Crippen molar-refractivity contribution in [3.05, 3.63) is 11.6 Å². The quantitative estimate of drug-likeness (QED) is 0.704. The van der Waals surface area contributed by atoms with E-state index < -0.39 is 0 Å². The monoisotopic (exact) mass is 330 g/mol. The van der Waals surface area contributed by atoms with Gasteiger partial charge in [-0.15, -0.1) is 0 Å². The maximum atomic E-state index is 12.4. The van der Waals surface area contributed by atoms with E-state index in [-0.39, 0.29) is 17.4 Å². The lowest BCUT2D eigenvalue weighted by Gasteiger charge is -2.57. The van der Waals surface area contributed by atoms with Crippen LogP contribution in [0.3, 0.4) is 0 Å². The third-order valence-electron chi connectivity index (χ3n) is 8.86. The Bertz CT molecular complexity index is 579. The van der Waals surface area contributed by atoms with Crippen LogP contribution in [0.5, 0.6) is 0 Å². The molecule has 0 aromatic carbocycles. The normalized spacial score (nSPS) is 53.6. The van der Waals surface area contributed by atoms with Crippen molar-refractivity contribution in [1.82, 2.24) is 0 Å². The molecule has 0 saturated heterocycles. The van der Waals surface area contributed by atoms with Crippen molar-refractivity contribution in [3.8, 4) is 0 Å². The lowest BCUT2D eigenvalue weighted by atomic mass is 9.47. The Morgan fingerprint density at radius 2 is 1.96 bits per heavy atom. The van der Waals surface area contributed by atoms with Crippen LogP contribution in [0, 0.1) is 40.4 Å². The van der Waals surface area contributed by atoms with Gasteiger partial charge in [-0.05, 0) is 86.4 Å².